The highest BCUT2D eigenvalue weighted by atomic mass is 32.1. The van der Waals surface area contributed by atoms with Crippen LogP contribution >= 0.6 is 11.3 Å². The van der Waals surface area contributed by atoms with Gasteiger partial charge in [0, 0.05) is 12.6 Å². The van der Waals surface area contributed by atoms with Crippen LogP contribution in [0, 0.1) is 6.92 Å². The average Bonchev–Trinajstić information content (AvgIpc) is 2.53. The van der Waals surface area contributed by atoms with E-state index in [1.165, 1.54) is 0 Å². The first-order chi connectivity index (χ1) is 8.38. The Hall–Kier alpha value is -1.56. The van der Waals surface area contributed by atoms with E-state index in [0.29, 0.717) is 27.5 Å². The number of thiophene rings is 1. The van der Waals surface area contributed by atoms with E-state index in [2.05, 4.69) is 10.6 Å². The van der Waals surface area contributed by atoms with Gasteiger partial charge in [-0.05, 0) is 33.3 Å². The monoisotopic (exact) mass is 269 g/mol. The largest absolute Gasteiger partial charge is 0.390 e. The summed E-state index contributed by atoms with van der Waals surface area (Å²) in [4.78, 5) is 24.3. The fraction of sp³-hybridized carbons (Fsp3) is 0.500. The van der Waals surface area contributed by atoms with Crippen LogP contribution in [0.25, 0.3) is 0 Å². The maximum absolute atomic E-state index is 12.0. The molecule has 0 spiro atoms. The summed E-state index contributed by atoms with van der Waals surface area (Å²) in [6.07, 6.45) is 0. The number of carbonyl (C=O) groups excluding carboxylic acids is 2. The van der Waals surface area contributed by atoms with E-state index in [1.807, 2.05) is 20.8 Å². The third kappa shape index (κ3) is 3.01. The Balaban J connectivity index is 3.08. The van der Waals surface area contributed by atoms with Crippen molar-refractivity contribution in [2.24, 2.45) is 0 Å². The standard InChI is InChI=1S/C12H19N3O2S/c1-5-14-12(17)9-7(4)8(10(13)18-9)11(16)15-6(2)3/h6H,5,13H2,1-4H3,(H,14,17)(H,15,16). The minimum Gasteiger partial charge on any atom is -0.390 e. The molecule has 1 heterocycles. The number of carbonyl (C=O) groups is 2. The molecule has 0 aliphatic carbocycles. The zero-order chi connectivity index (χ0) is 13.9. The summed E-state index contributed by atoms with van der Waals surface area (Å²) in [7, 11) is 0. The summed E-state index contributed by atoms with van der Waals surface area (Å²) in [5, 5.41) is 5.87. The number of anilines is 1. The maximum Gasteiger partial charge on any atom is 0.261 e. The van der Waals surface area contributed by atoms with Crippen LogP contribution in [0.1, 0.15) is 46.4 Å². The molecule has 0 aliphatic heterocycles. The third-order valence-corrected chi connectivity index (χ3v) is 3.48. The minimum absolute atomic E-state index is 0.0316. The molecule has 18 heavy (non-hydrogen) atoms. The van der Waals surface area contributed by atoms with E-state index in [9.17, 15) is 9.59 Å². The zero-order valence-electron chi connectivity index (χ0n) is 11.1. The van der Waals surface area contributed by atoms with Crippen molar-refractivity contribution in [3.8, 4) is 0 Å². The predicted molar refractivity (Wildman–Crippen MR) is 74.1 cm³/mol. The van der Waals surface area contributed by atoms with Crippen LogP contribution in [-0.2, 0) is 0 Å². The molecule has 1 aromatic rings. The van der Waals surface area contributed by atoms with Crippen LogP contribution in [0.5, 0.6) is 0 Å². The lowest BCUT2D eigenvalue weighted by Crippen LogP contribution is -2.31. The molecule has 100 valence electrons. The van der Waals surface area contributed by atoms with Gasteiger partial charge in [0.15, 0.2) is 0 Å². The molecule has 0 unspecified atom stereocenters. The summed E-state index contributed by atoms with van der Waals surface area (Å²) in [6.45, 7) is 7.88. The molecule has 0 radical (unpaired) electrons. The van der Waals surface area contributed by atoms with Gasteiger partial charge >= 0.3 is 0 Å². The topological polar surface area (TPSA) is 84.2 Å². The maximum atomic E-state index is 12.0. The van der Waals surface area contributed by atoms with Crippen molar-refractivity contribution in [3.05, 3.63) is 16.0 Å². The van der Waals surface area contributed by atoms with Gasteiger partial charge in [0.25, 0.3) is 11.8 Å². The van der Waals surface area contributed by atoms with Crippen molar-refractivity contribution in [1.29, 1.82) is 0 Å². The molecule has 1 aromatic heterocycles. The number of hydrogen-bond acceptors (Lipinski definition) is 4. The van der Waals surface area contributed by atoms with Crippen LogP contribution in [-0.4, -0.2) is 24.4 Å². The summed E-state index contributed by atoms with van der Waals surface area (Å²) in [5.41, 5.74) is 6.88. The smallest absolute Gasteiger partial charge is 0.261 e. The Bertz CT molecular complexity index is 466. The summed E-state index contributed by atoms with van der Waals surface area (Å²) in [6, 6.07) is 0.0316. The molecule has 0 aliphatic rings. The van der Waals surface area contributed by atoms with Crippen molar-refractivity contribution in [2.75, 3.05) is 12.3 Å². The molecule has 0 aromatic carbocycles. The quantitative estimate of drug-likeness (QED) is 0.775. The lowest BCUT2D eigenvalue weighted by Gasteiger charge is -2.08. The second kappa shape index (κ2) is 5.86. The van der Waals surface area contributed by atoms with Gasteiger partial charge in [-0.1, -0.05) is 0 Å². The summed E-state index contributed by atoms with van der Waals surface area (Å²) < 4.78 is 0. The Morgan fingerprint density at radius 3 is 2.44 bits per heavy atom. The molecular weight excluding hydrogens is 250 g/mol. The second-order valence-electron chi connectivity index (χ2n) is 4.28. The number of hydrogen-bond donors (Lipinski definition) is 3. The van der Waals surface area contributed by atoms with Crippen molar-refractivity contribution in [3.63, 3.8) is 0 Å². The number of rotatable bonds is 4. The van der Waals surface area contributed by atoms with Crippen LogP contribution in [0.15, 0.2) is 0 Å². The number of nitrogens with one attached hydrogen (secondary N) is 2. The molecule has 0 saturated heterocycles. The molecule has 4 N–H and O–H groups in total. The van der Waals surface area contributed by atoms with Gasteiger partial charge in [0.1, 0.15) is 0 Å². The average molecular weight is 269 g/mol. The lowest BCUT2D eigenvalue weighted by atomic mass is 10.1. The van der Waals surface area contributed by atoms with Gasteiger partial charge in [-0.2, -0.15) is 0 Å². The van der Waals surface area contributed by atoms with E-state index in [0.717, 1.165) is 11.3 Å². The van der Waals surface area contributed by atoms with Gasteiger partial charge in [0.2, 0.25) is 0 Å². The molecule has 2 amide bonds. The van der Waals surface area contributed by atoms with E-state index in [-0.39, 0.29) is 17.9 Å². The molecule has 5 nitrogen and oxygen atoms in total. The molecule has 0 saturated carbocycles. The Morgan fingerprint density at radius 1 is 1.33 bits per heavy atom. The highest BCUT2D eigenvalue weighted by Gasteiger charge is 2.23. The molecular formula is C12H19N3O2S. The molecule has 0 bridgehead atoms. The fourth-order valence-electron chi connectivity index (χ4n) is 1.61. The zero-order valence-corrected chi connectivity index (χ0v) is 11.9. The van der Waals surface area contributed by atoms with Gasteiger partial charge in [-0.15, -0.1) is 11.3 Å². The molecule has 1 rings (SSSR count). The van der Waals surface area contributed by atoms with Crippen molar-refractivity contribution < 1.29 is 9.59 Å². The Labute approximate surface area is 111 Å². The minimum atomic E-state index is -0.230. The Morgan fingerprint density at radius 2 is 1.94 bits per heavy atom. The molecule has 0 atom stereocenters. The lowest BCUT2D eigenvalue weighted by molar-refractivity contribution is 0.0943. The predicted octanol–water partition coefficient (Wildman–Crippen LogP) is 1.53. The van der Waals surface area contributed by atoms with Crippen LogP contribution in [0.3, 0.4) is 0 Å². The van der Waals surface area contributed by atoms with Crippen molar-refractivity contribution >= 4 is 28.2 Å². The Kier molecular flexibility index (Phi) is 4.72. The van der Waals surface area contributed by atoms with E-state index < -0.39 is 0 Å². The van der Waals surface area contributed by atoms with Gasteiger partial charge in [-0.3, -0.25) is 9.59 Å². The molecule has 6 heteroatoms. The fourth-order valence-corrected chi connectivity index (χ4v) is 2.60. The van der Waals surface area contributed by atoms with Crippen molar-refractivity contribution in [1.82, 2.24) is 10.6 Å². The van der Waals surface area contributed by atoms with E-state index >= 15 is 0 Å². The first-order valence-corrected chi connectivity index (χ1v) is 6.68. The number of amides is 2. The van der Waals surface area contributed by atoms with Crippen LogP contribution in [0.2, 0.25) is 0 Å². The first kappa shape index (κ1) is 14.5. The summed E-state index contributed by atoms with van der Waals surface area (Å²) in [5.74, 6) is -0.415. The van der Waals surface area contributed by atoms with Gasteiger partial charge < -0.3 is 16.4 Å². The number of nitrogen functional groups attached to an aromatic ring is 1. The van der Waals surface area contributed by atoms with Gasteiger partial charge in [0.05, 0.1) is 15.4 Å². The van der Waals surface area contributed by atoms with Gasteiger partial charge in [-0.25, -0.2) is 0 Å². The SMILES string of the molecule is CCNC(=O)c1sc(N)c(C(=O)NC(C)C)c1C. The van der Waals surface area contributed by atoms with Crippen LogP contribution in [0.4, 0.5) is 5.00 Å². The second-order valence-corrected chi connectivity index (χ2v) is 5.34. The third-order valence-electron chi connectivity index (χ3n) is 2.36. The van der Waals surface area contributed by atoms with E-state index in [4.69, 9.17) is 5.73 Å². The molecule has 0 fully saturated rings. The van der Waals surface area contributed by atoms with Crippen molar-refractivity contribution in [2.45, 2.75) is 33.7 Å². The summed E-state index contributed by atoms with van der Waals surface area (Å²) >= 11 is 1.15. The van der Waals surface area contributed by atoms with Crippen LogP contribution < -0.4 is 16.4 Å². The highest BCUT2D eigenvalue weighted by Crippen LogP contribution is 2.30. The van der Waals surface area contributed by atoms with E-state index in [1.54, 1.807) is 6.92 Å². The highest BCUT2D eigenvalue weighted by molar-refractivity contribution is 7.18. The first-order valence-electron chi connectivity index (χ1n) is 5.86. The normalized spacial score (nSPS) is 10.5. The number of nitrogens with two attached hydrogens (primary N) is 1.